The van der Waals surface area contributed by atoms with Crippen LogP contribution in [-0.2, 0) is 0 Å². The van der Waals surface area contributed by atoms with Gasteiger partial charge >= 0.3 is 0 Å². The second kappa shape index (κ2) is 4.75. The minimum Gasteiger partial charge on any atom is -0.508 e. The number of rotatable bonds is 3. The second-order valence-corrected chi connectivity index (χ2v) is 4.47. The molecule has 0 bridgehead atoms. The van der Waals surface area contributed by atoms with E-state index in [9.17, 15) is 20.0 Å². The van der Waals surface area contributed by atoms with Gasteiger partial charge in [0.2, 0.25) is 5.78 Å². The number of hydrogen-bond acceptors (Lipinski definition) is 5. The fourth-order valence-corrected chi connectivity index (χ4v) is 2.05. The third-order valence-electron chi connectivity index (χ3n) is 3.04. The van der Waals surface area contributed by atoms with E-state index in [1.165, 1.54) is 42.5 Å². The van der Waals surface area contributed by atoms with Crippen molar-refractivity contribution >= 4 is 22.4 Å². The van der Waals surface area contributed by atoms with Crippen LogP contribution >= 0.6 is 0 Å². The van der Waals surface area contributed by atoms with Gasteiger partial charge in [-0.1, -0.05) is 12.1 Å². The smallest absolute Gasteiger partial charge is 0.270 e. The monoisotopic (exact) mass is 283 g/mol. The Kier molecular flexibility index (Phi) is 2.91. The fraction of sp³-hybridized carbons (Fsp3) is 0. The Hall–Kier alpha value is -3.15. The largest absolute Gasteiger partial charge is 0.508 e. The predicted octanol–water partition coefficient (Wildman–Crippen LogP) is 3.28. The number of non-ortho nitro benzene ring substituents is 1. The number of hydrogen-bond donors (Lipinski definition) is 1. The van der Waals surface area contributed by atoms with Gasteiger partial charge < -0.3 is 9.52 Å². The van der Waals surface area contributed by atoms with Gasteiger partial charge in [0.1, 0.15) is 11.3 Å². The second-order valence-electron chi connectivity index (χ2n) is 4.47. The number of nitro benzene ring substituents is 1. The number of phenolic OH excluding ortho intramolecular Hbond substituents is 1. The minimum absolute atomic E-state index is 0.0658. The van der Waals surface area contributed by atoms with Crippen molar-refractivity contribution in [2.75, 3.05) is 0 Å². The van der Waals surface area contributed by atoms with Crippen molar-refractivity contribution in [3.63, 3.8) is 0 Å². The van der Waals surface area contributed by atoms with Crippen LogP contribution in [0.1, 0.15) is 16.1 Å². The molecule has 0 aliphatic heterocycles. The minimum atomic E-state index is -0.562. The Bertz CT molecular complexity index is 865. The summed E-state index contributed by atoms with van der Waals surface area (Å²) in [4.78, 5) is 22.5. The molecule has 0 atom stereocenters. The Morgan fingerprint density at radius 2 is 1.95 bits per heavy atom. The number of nitrogens with zero attached hydrogens (tertiary/aromatic N) is 1. The van der Waals surface area contributed by atoms with Crippen molar-refractivity contribution in [3.8, 4) is 5.75 Å². The number of aromatic hydroxyl groups is 1. The van der Waals surface area contributed by atoms with Gasteiger partial charge in [0.05, 0.1) is 4.92 Å². The lowest BCUT2D eigenvalue weighted by Gasteiger charge is -1.97. The zero-order valence-electron chi connectivity index (χ0n) is 10.6. The van der Waals surface area contributed by atoms with Crippen LogP contribution in [0.25, 0.3) is 11.0 Å². The Labute approximate surface area is 118 Å². The van der Waals surface area contributed by atoms with Crippen LogP contribution in [0.4, 0.5) is 5.69 Å². The molecule has 1 heterocycles. The number of nitro groups is 1. The molecule has 0 aliphatic rings. The Balaban J connectivity index is 2.03. The highest BCUT2D eigenvalue weighted by Crippen LogP contribution is 2.25. The molecule has 0 saturated carbocycles. The summed E-state index contributed by atoms with van der Waals surface area (Å²) in [5, 5.41) is 20.7. The molecule has 0 aliphatic carbocycles. The van der Waals surface area contributed by atoms with E-state index in [1.54, 1.807) is 6.07 Å². The van der Waals surface area contributed by atoms with Gasteiger partial charge in [-0.25, -0.2) is 0 Å². The standard InChI is InChI=1S/C15H9NO5/c17-12-4-5-13-10(7-12)8-14(21-13)15(18)9-2-1-3-11(6-9)16(19)20/h1-8,17H. The molecule has 6 heteroatoms. The summed E-state index contributed by atoms with van der Waals surface area (Å²) >= 11 is 0. The maximum atomic E-state index is 12.3. The highest BCUT2D eigenvalue weighted by Gasteiger charge is 2.17. The van der Waals surface area contributed by atoms with Crippen LogP contribution in [0, 0.1) is 10.1 Å². The van der Waals surface area contributed by atoms with E-state index in [2.05, 4.69) is 0 Å². The van der Waals surface area contributed by atoms with Crippen LogP contribution in [0.3, 0.4) is 0 Å². The zero-order valence-corrected chi connectivity index (χ0v) is 10.6. The number of carbonyl (C=O) groups is 1. The maximum absolute atomic E-state index is 12.3. The summed E-state index contributed by atoms with van der Waals surface area (Å²) in [5.41, 5.74) is 0.476. The lowest BCUT2D eigenvalue weighted by Crippen LogP contribution is -2.00. The molecule has 104 valence electrons. The molecule has 2 aromatic carbocycles. The number of fused-ring (bicyclic) bond motifs is 1. The normalized spacial score (nSPS) is 10.7. The topological polar surface area (TPSA) is 93.6 Å². The lowest BCUT2D eigenvalue weighted by molar-refractivity contribution is -0.384. The highest BCUT2D eigenvalue weighted by molar-refractivity contribution is 6.09. The first-order valence-corrected chi connectivity index (χ1v) is 6.06. The van der Waals surface area contributed by atoms with E-state index in [0.717, 1.165) is 0 Å². The van der Waals surface area contributed by atoms with Gasteiger partial charge in [0.25, 0.3) is 5.69 Å². The first-order valence-electron chi connectivity index (χ1n) is 6.06. The molecule has 21 heavy (non-hydrogen) atoms. The van der Waals surface area contributed by atoms with Crippen molar-refractivity contribution in [2.45, 2.75) is 0 Å². The van der Waals surface area contributed by atoms with Gasteiger partial charge in [0.15, 0.2) is 5.76 Å². The van der Waals surface area contributed by atoms with Gasteiger partial charge in [-0.3, -0.25) is 14.9 Å². The Morgan fingerprint density at radius 3 is 2.71 bits per heavy atom. The molecule has 0 unspecified atom stereocenters. The third-order valence-corrected chi connectivity index (χ3v) is 3.04. The number of benzene rings is 2. The van der Waals surface area contributed by atoms with Gasteiger partial charge in [-0.15, -0.1) is 0 Å². The first-order chi connectivity index (χ1) is 10.0. The average molecular weight is 283 g/mol. The summed E-state index contributed by atoms with van der Waals surface area (Å²) in [6.45, 7) is 0. The van der Waals surface area contributed by atoms with Crippen molar-refractivity contribution in [3.05, 3.63) is 70.0 Å². The quantitative estimate of drug-likeness (QED) is 0.452. The Morgan fingerprint density at radius 1 is 1.14 bits per heavy atom. The molecule has 6 nitrogen and oxygen atoms in total. The molecule has 1 aromatic heterocycles. The van der Waals surface area contributed by atoms with E-state index >= 15 is 0 Å². The van der Waals surface area contributed by atoms with Crippen molar-refractivity contribution in [1.82, 2.24) is 0 Å². The van der Waals surface area contributed by atoms with Crippen LogP contribution in [0.2, 0.25) is 0 Å². The van der Waals surface area contributed by atoms with E-state index in [4.69, 9.17) is 4.42 Å². The van der Waals surface area contributed by atoms with Crippen molar-refractivity contribution in [2.24, 2.45) is 0 Å². The summed E-state index contributed by atoms with van der Waals surface area (Å²) in [6, 6.07) is 11.4. The molecule has 3 rings (SSSR count). The van der Waals surface area contributed by atoms with Crippen molar-refractivity contribution < 1.29 is 19.2 Å². The predicted molar refractivity (Wildman–Crippen MR) is 74.4 cm³/mol. The molecule has 0 spiro atoms. The van der Waals surface area contributed by atoms with E-state index < -0.39 is 10.7 Å². The first kappa shape index (κ1) is 12.9. The van der Waals surface area contributed by atoms with Crippen LogP contribution in [0.5, 0.6) is 5.75 Å². The summed E-state index contributed by atoms with van der Waals surface area (Å²) < 4.78 is 5.41. The number of furan rings is 1. The fourth-order valence-electron chi connectivity index (χ4n) is 2.05. The van der Waals surface area contributed by atoms with E-state index in [1.807, 2.05) is 0 Å². The van der Waals surface area contributed by atoms with Crippen molar-refractivity contribution in [1.29, 1.82) is 0 Å². The summed E-state index contributed by atoms with van der Waals surface area (Å²) in [5.74, 6) is -0.317. The van der Waals surface area contributed by atoms with Gasteiger partial charge in [0, 0.05) is 23.1 Å². The molecular weight excluding hydrogens is 274 g/mol. The highest BCUT2D eigenvalue weighted by atomic mass is 16.6. The summed E-state index contributed by atoms with van der Waals surface area (Å²) in [7, 11) is 0. The third kappa shape index (κ3) is 2.34. The maximum Gasteiger partial charge on any atom is 0.270 e. The van der Waals surface area contributed by atoms with Crippen LogP contribution in [0.15, 0.2) is 52.9 Å². The zero-order chi connectivity index (χ0) is 15.0. The summed E-state index contributed by atoms with van der Waals surface area (Å²) in [6.07, 6.45) is 0. The molecule has 0 amide bonds. The molecule has 3 aromatic rings. The van der Waals surface area contributed by atoms with E-state index in [0.29, 0.717) is 11.0 Å². The molecular formula is C15H9NO5. The van der Waals surface area contributed by atoms with Crippen LogP contribution in [-0.4, -0.2) is 15.8 Å². The van der Waals surface area contributed by atoms with Gasteiger partial charge in [-0.2, -0.15) is 0 Å². The SMILES string of the molecule is O=C(c1cccc([N+](=O)[O-])c1)c1cc2cc(O)ccc2o1. The number of ketones is 1. The molecule has 0 fully saturated rings. The average Bonchev–Trinajstić information content (AvgIpc) is 2.89. The lowest BCUT2D eigenvalue weighted by atomic mass is 10.1. The van der Waals surface area contributed by atoms with E-state index in [-0.39, 0.29) is 22.8 Å². The van der Waals surface area contributed by atoms with Gasteiger partial charge in [-0.05, 0) is 24.3 Å². The molecule has 0 saturated heterocycles. The number of phenols is 1. The van der Waals surface area contributed by atoms with Crippen LogP contribution < -0.4 is 0 Å². The molecule has 0 radical (unpaired) electrons. The number of carbonyl (C=O) groups excluding carboxylic acids is 1. The molecule has 1 N–H and O–H groups in total.